The van der Waals surface area contributed by atoms with Crippen molar-refractivity contribution < 1.29 is 13.2 Å². The van der Waals surface area contributed by atoms with E-state index in [9.17, 15) is 8.42 Å². The number of piperidine rings is 1. The van der Waals surface area contributed by atoms with E-state index in [0.717, 1.165) is 50.3 Å². The number of para-hydroxylation sites is 1. The van der Waals surface area contributed by atoms with Gasteiger partial charge in [0.15, 0.2) is 0 Å². The zero-order chi connectivity index (χ0) is 19.4. The Hall–Kier alpha value is -2.12. The standard InChI is InChI=1S/C21H27N3O3S/c25-28(26,24-13-4-5-14-24)20-10-11-21(22-15-20)23-12-6-7-18(16-23)17-27-19-8-2-1-3-9-19/h1-3,8-11,15,18H,4-7,12-14,16-17H2. The molecule has 1 unspecified atom stereocenters. The van der Waals surface area contributed by atoms with Crippen LogP contribution in [0.25, 0.3) is 0 Å². The molecule has 2 fully saturated rings. The quantitative estimate of drug-likeness (QED) is 0.744. The smallest absolute Gasteiger partial charge is 0.244 e. The highest BCUT2D eigenvalue weighted by Crippen LogP contribution is 2.25. The van der Waals surface area contributed by atoms with E-state index in [1.807, 2.05) is 36.4 Å². The number of sulfonamides is 1. The minimum atomic E-state index is -3.40. The van der Waals surface area contributed by atoms with E-state index in [0.29, 0.717) is 30.5 Å². The second-order valence-electron chi connectivity index (χ2n) is 7.54. The minimum absolute atomic E-state index is 0.291. The Morgan fingerprint density at radius 2 is 1.79 bits per heavy atom. The average molecular weight is 402 g/mol. The average Bonchev–Trinajstić information content (AvgIpc) is 3.29. The molecule has 2 saturated heterocycles. The van der Waals surface area contributed by atoms with Crippen molar-refractivity contribution in [2.45, 2.75) is 30.6 Å². The van der Waals surface area contributed by atoms with Crippen molar-refractivity contribution in [1.29, 1.82) is 0 Å². The molecule has 0 saturated carbocycles. The van der Waals surface area contributed by atoms with Crippen LogP contribution in [0.1, 0.15) is 25.7 Å². The van der Waals surface area contributed by atoms with Crippen molar-refractivity contribution in [3.8, 4) is 5.75 Å². The molecule has 28 heavy (non-hydrogen) atoms. The van der Waals surface area contributed by atoms with E-state index in [1.165, 1.54) is 6.20 Å². The van der Waals surface area contributed by atoms with Crippen LogP contribution in [0.5, 0.6) is 5.75 Å². The third kappa shape index (κ3) is 4.31. The zero-order valence-electron chi connectivity index (χ0n) is 16.0. The molecule has 7 heteroatoms. The first-order chi connectivity index (χ1) is 13.6. The second-order valence-corrected chi connectivity index (χ2v) is 9.48. The van der Waals surface area contributed by atoms with Gasteiger partial charge in [-0.15, -0.1) is 0 Å². The Morgan fingerprint density at radius 1 is 1.00 bits per heavy atom. The zero-order valence-corrected chi connectivity index (χ0v) is 16.9. The highest BCUT2D eigenvalue weighted by atomic mass is 32.2. The summed E-state index contributed by atoms with van der Waals surface area (Å²) in [6, 6.07) is 13.4. The number of pyridine rings is 1. The fraction of sp³-hybridized carbons (Fsp3) is 0.476. The molecule has 0 bridgehead atoms. The number of hydrogen-bond donors (Lipinski definition) is 0. The van der Waals surface area contributed by atoms with Gasteiger partial charge in [-0.1, -0.05) is 18.2 Å². The van der Waals surface area contributed by atoms with Crippen LogP contribution in [0.15, 0.2) is 53.6 Å². The maximum Gasteiger partial charge on any atom is 0.244 e. The van der Waals surface area contributed by atoms with Crippen LogP contribution in [0.3, 0.4) is 0 Å². The topological polar surface area (TPSA) is 62.7 Å². The van der Waals surface area contributed by atoms with Crippen molar-refractivity contribution in [3.05, 3.63) is 48.7 Å². The molecule has 0 amide bonds. The summed E-state index contributed by atoms with van der Waals surface area (Å²) in [7, 11) is -3.40. The van der Waals surface area contributed by atoms with E-state index in [-0.39, 0.29) is 0 Å². The van der Waals surface area contributed by atoms with Gasteiger partial charge < -0.3 is 9.64 Å². The molecule has 0 spiro atoms. The highest BCUT2D eigenvalue weighted by Gasteiger charge is 2.28. The lowest BCUT2D eigenvalue weighted by molar-refractivity contribution is 0.228. The fourth-order valence-electron chi connectivity index (χ4n) is 3.93. The summed E-state index contributed by atoms with van der Waals surface area (Å²) >= 11 is 0. The van der Waals surface area contributed by atoms with Crippen molar-refractivity contribution in [1.82, 2.24) is 9.29 Å². The molecule has 2 aliphatic rings. The molecular formula is C21H27N3O3S. The second kappa shape index (κ2) is 8.49. The van der Waals surface area contributed by atoms with E-state index in [2.05, 4.69) is 9.88 Å². The van der Waals surface area contributed by atoms with Crippen molar-refractivity contribution in [2.24, 2.45) is 5.92 Å². The monoisotopic (exact) mass is 401 g/mol. The molecule has 4 rings (SSSR count). The molecule has 0 N–H and O–H groups in total. The van der Waals surface area contributed by atoms with Crippen LogP contribution in [-0.2, 0) is 10.0 Å². The number of aromatic nitrogens is 1. The van der Waals surface area contributed by atoms with Gasteiger partial charge in [0.05, 0.1) is 6.61 Å². The number of nitrogens with zero attached hydrogens (tertiary/aromatic N) is 3. The lowest BCUT2D eigenvalue weighted by Crippen LogP contribution is -2.38. The maximum absolute atomic E-state index is 12.6. The Kier molecular flexibility index (Phi) is 5.82. The first-order valence-electron chi connectivity index (χ1n) is 10.0. The van der Waals surface area contributed by atoms with Crippen molar-refractivity contribution >= 4 is 15.8 Å². The molecule has 0 aliphatic carbocycles. The normalized spacial score (nSPS) is 21.0. The van der Waals surface area contributed by atoms with Gasteiger partial charge in [0.2, 0.25) is 10.0 Å². The van der Waals surface area contributed by atoms with Crippen LogP contribution >= 0.6 is 0 Å². The Balaban J connectivity index is 1.38. The number of anilines is 1. The van der Waals surface area contributed by atoms with Gasteiger partial charge in [0, 0.05) is 38.3 Å². The van der Waals surface area contributed by atoms with Crippen LogP contribution in [-0.4, -0.2) is 50.5 Å². The molecule has 2 aliphatic heterocycles. The van der Waals surface area contributed by atoms with E-state index >= 15 is 0 Å². The summed E-state index contributed by atoms with van der Waals surface area (Å²) in [5.74, 6) is 2.17. The predicted molar refractivity (Wildman–Crippen MR) is 109 cm³/mol. The fourth-order valence-corrected chi connectivity index (χ4v) is 5.39. The summed E-state index contributed by atoms with van der Waals surface area (Å²) in [4.78, 5) is 6.99. The molecule has 1 aromatic carbocycles. The SMILES string of the molecule is O=S(=O)(c1ccc(N2CCCC(COc3ccccc3)C2)nc1)N1CCCC1. The van der Waals surface area contributed by atoms with Crippen LogP contribution in [0.2, 0.25) is 0 Å². The molecule has 150 valence electrons. The van der Waals surface area contributed by atoms with E-state index < -0.39 is 10.0 Å². The first-order valence-corrected chi connectivity index (χ1v) is 11.5. The number of ether oxygens (including phenoxy) is 1. The van der Waals surface area contributed by atoms with Crippen LogP contribution in [0.4, 0.5) is 5.82 Å². The Labute approximate surface area is 167 Å². The van der Waals surface area contributed by atoms with Gasteiger partial charge in [0.25, 0.3) is 0 Å². The summed E-state index contributed by atoms with van der Waals surface area (Å²) < 4.78 is 32.8. The van der Waals surface area contributed by atoms with Crippen molar-refractivity contribution in [3.63, 3.8) is 0 Å². The summed E-state index contributed by atoms with van der Waals surface area (Å²) in [5.41, 5.74) is 0. The van der Waals surface area contributed by atoms with Gasteiger partial charge >= 0.3 is 0 Å². The molecule has 0 radical (unpaired) electrons. The Morgan fingerprint density at radius 3 is 2.50 bits per heavy atom. The molecule has 2 aromatic rings. The van der Waals surface area contributed by atoms with Crippen LogP contribution < -0.4 is 9.64 Å². The summed E-state index contributed by atoms with van der Waals surface area (Å²) in [5, 5.41) is 0. The van der Waals surface area contributed by atoms with Gasteiger partial charge in [-0.25, -0.2) is 13.4 Å². The number of hydrogen-bond acceptors (Lipinski definition) is 5. The van der Waals surface area contributed by atoms with Gasteiger partial charge in [-0.3, -0.25) is 0 Å². The highest BCUT2D eigenvalue weighted by molar-refractivity contribution is 7.89. The maximum atomic E-state index is 12.6. The largest absolute Gasteiger partial charge is 0.493 e. The van der Waals surface area contributed by atoms with E-state index in [1.54, 1.807) is 10.4 Å². The number of benzene rings is 1. The summed E-state index contributed by atoms with van der Waals surface area (Å²) in [6.07, 6.45) is 5.59. The Bertz CT molecular complexity index is 866. The van der Waals surface area contributed by atoms with Crippen molar-refractivity contribution in [2.75, 3.05) is 37.7 Å². The van der Waals surface area contributed by atoms with E-state index in [4.69, 9.17) is 4.74 Å². The molecule has 6 nitrogen and oxygen atoms in total. The van der Waals surface area contributed by atoms with Gasteiger partial charge in [-0.2, -0.15) is 4.31 Å². The van der Waals surface area contributed by atoms with Gasteiger partial charge in [0.1, 0.15) is 16.5 Å². The molecule has 3 heterocycles. The van der Waals surface area contributed by atoms with Crippen LogP contribution in [0, 0.1) is 5.92 Å². The molecule has 1 aromatic heterocycles. The van der Waals surface area contributed by atoms with Gasteiger partial charge in [-0.05, 0) is 49.9 Å². The third-order valence-corrected chi connectivity index (χ3v) is 7.38. The minimum Gasteiger partial charge on any atom is -0.493 e. The molecule has 1 atom stereocenters. The first kappa shape index (κ1) is 19.2. The lowest BCUT2D eigenvalue weighted by atomic mass is 9.99. The predicted octanol–water partition coefficient (Wildman–Crippen LogP) is 3.16. The third-order valence-electron chi connectivity index (χ3n) is 5.50. The molecular weight excluding hydrogens is 374 g/mol. The number of rotatable bonds is 6. The lowest BCUT2D eigenvalue weighted by Gasteiger charge is -2.33. The summed E-state index contributed by atoms with van der Waals surface area (Å²) in [6.45, 7) is 3.71.